The number of carboxylic acids is 1. The number of carbonyl (C=O) groups is 3. The highest BCUT2D eigenvalue weighted by Gasteiger charge is 2.45. The molecule has 0 radical (unpaired) electrons. The normalized spacial score (nSPS) is 17.8. The Labute approximate surface area is 233 Å². The predicted octanol–water partition coefficient (Wildman–Crippen LogP) is 4.08. The van der Waals surface area contributed by atoms with Crippen molar-refractivity contribution < 1.29 is 29.0 Å². The molecule has 3 unspecified atom stereocenters. The smallest absolute Gasteiger partial charge is 0.326 e. The monoisotopic (exact) mass is 548 g/mol. The summed E-state index contributed by atoms with van der Waals surface area (Å²) in [4.78, 5) is 44.4. The average Bonchev–Trinajstić information content (AvgIpc) is 3.35. The van der Waals surface area contributed by atoms with Gasteiger partial charge in [0.2, 0.25) is 5.91 Å². The summed E-state index contributed by atoms with van der Waals surface area (Å²) in [5, 5.41) is 16.1. The molecule has 10 nitrogen and oxygen atoms in total. The van der Waals surface area contributed by atoms with Crippen LogP contribution in [0.15, 0.2) is 54.6 Å². The number of carboxylic acid groups (broad SMARTS) is 1. The lowest BCUT2D eigenvalue weighted by atomic mass is 9.85. The lowest BCUT2D eigenvalue weighted by Gasteiger charge is -2.34. The van der Waals surface area contributed by atoms with Crippen LogP contribution in [0.2, 0.25) is 0 Å². The fourth-order valence-electron chi connectivity index (χ4n) is 4.85. The minimum atomic E-state index is -1.13. The minimum absolute atomic E-state index is 0.0557. The Hall–Kier alpha value is -4.34. The summed E-state index contributed by atoms with van der Waals surface area (Å²) in [6.45, 7) is 7.70. The third kappa shape index (κ3) is 6.27. The molecule has 10 heteroatoms. The van der Waals surface area contributed by atoms with Crippen molar-refractivity contribution >= 4 is 28.8 Å². The van der Waals surface area contributed by atoms with E-state index in [4.69, 9.17) is 14.5 Å². The standard InChI is InChI=1S/C30H36N4O6/c1-6-31-29(38)33-26(30(2,3)4)27(35)34-17-20(15-24(34)28(36)37)40-25-16-22(18-10-8-7-9-11-18)32-23-14-19(39-5)12-13-21(23)25/h7-14,16,20,24,26H,6,15,17H2,1-5H3,(H,36,37)(H2,31,33,38). The van der Waals surface area contributed by atoms with Crippen molar-refractivity contribution in [1.82, 2.24) is 20.5 Å². The summed E-state index contributed by atoms with van der Waals surface area (Å²) < 4.78 is 11.8. The summed E-state index contributed by atoms with van der Waals surface area (Å²) >= 11 is 0. The number of aromatic nitrogens is 1. The second-order valence-electron chi connectivity index (χ2n) is 10.9. The number of likely N-dealkylation sites (tertiary alicyclic amines) is 1. The first-order chi connectivity index (χ1) is 19.0. The minimum Gasteiger partial charge on any atom is -0.497 e. The van der Waals surface area contributed by atoms with Crippen LogP contribution in [0.5, 0.6) is 11.5 Å². The van der Waals surface area contributed by atoms with E-state index in [2.05, 4.69) is 10.6 Å². The number of methoxy groups -OCH3 is 1. The molecule has 3 N–H and O–H groups in total. The molecule has 1 aliphatic heterocycles. The lowest BCUT2D eigenvalue weighted by molar-refractivity contribution is -0.150. The molecule has 1 fully saturated rings. The second kappa shape index (κ2) is 11.8. The average molecular weight is 549 g/mol. The molecule has 0 bridgehead atoms. The summed E-state index contributed by atoms with van der Waals surface area (Å²) in [5.41, 5.74) is 1.59. The molecule has 4 rings (SSSR count). The highest BCUT2D eigenvalue weighted by atomic mass is 16.5. The van der Waals surface area contributed by atoms with E-state index in [0.717, 1.165) is 10.9 Å². The van der Waals surface area contributed by atoms with Gasteiger partial charge in [0, 0.05) is 36.0 Å². The van der Waals surface area contributed by atoms with Crippen LogP contribution in [0, 0.1) is 5.41 Å². The first-order valence-corrected chi connectivity index (χ1v) is 13.3. The zero-order valence-corrected chi connectivity index (χ0v) is 23.4. The number of nitrogens with one attached hydrogen (secondary N) is 2. The molecule has 1 aliphatic rings. The number of carbonyl (C=O) groups excluding carboxylic acids is 2. The molecule has 2 heterocycles. The van der Waals surface area contributed by atoms with Crippen molar-refractivity contribution in [3.63, 3.8) is 0 Å². The molecule has 1 saturated heterocycles. The molecule has 1 aromatic heterocycles. The number of benzene rings is 2. The van der Waals surface area contributed by atoms with Gasteiger partial charge < -0.3 is 30.1 Å². The van der Waals surface area contributed by atoms with E-state index >= 15 is 0 Å². The van der Waals surface area contributed by atoms with Crippen LogP contribution in [0.25, 0.3) is 22.2 Å². The molecular weight excluding hydrogens is 512 g/mol. The van der Waals surface area contributed by atoms with E-state index in [1.807, 2.05) is 75.4 Å². The van der Waals surface area contributed by atoms with Crippen LogP contribution in [-0.4, -0.2) is 71.3 Å². The Morgan fingerprint density at radius 1 is 1.12 bits per heavy atom. The number of rotatable bonds is 8. The maximum absolute atomic E-state index is 13.7. The molecule has 0 spiro atoms. The van der Waals surface area contributed by atoms with E-state index in [0.29, 0.717) is 29.3 Å². The SMILES string of the molecule is CCNC(=O)NC(C(=O)N1CC(Oc2cc(-c3ccccc3)nc3cc(OC)ccc23)CC1C(=O)O)C(C)(C)C. The zero-order chi connectivity index (χ0) is 29.0. The van der Waals surface area contributed by atoms with Crippen LogP contribution in [0.4, 0.5) is 4.79 Å². The van der Waals surface area contributed by atoms with Crippen molar-refractivity contribution in [3.8, 4) is 22.8 Å². The van der Waals surface area contributed by atoms with Gasteiger partial charge in [0.1, 0.15) is 29.7 Å². The van der Waals surface area contributed by atoms with Gasteiger partial charge in [-0.15, -0.1) is 0 Å². The first kappa shape index (κ1) is 28.7. The molecule has 0 aliphatic carbocycles. The van der Waals surface area contributed by atoms with Gasteiger partial charge in [-0.25, -0.2) is 14.6 Å². The number of amides is 3. The Morgan fingerprint density at radius 3 is 2.48 bits per heavy atom. The molecule has 3 amide bonds. The van der Waals surface area contributed by atoms with Crippen LogP contribution >= 0.6 is 0 Å². The maximum Gasteiger partial charge on any atom is 0.326 e. The van der Waals surface area contributed by atoms with E-state index in [1.165, 1.54) is 4.90 Å². The lowest BCUT2D eigenvalue weighted by Crippen LogP contribution is -2.58. The highest BCUT2D eigenvalue weighted by molar-refractivity contribution is 5.92. The number of ether oxygens (including phenoxy) is 2. The first-order valence-electron chi connectivity index (χ1n) is 13.3. The maximum atomic E-state index is 13.7. The van der Waals surface area contributed by atoms with Gasteiger partial charge >= 0.3 is 12.0 Å². The van der Waals surface area contributed by atoms with Crippen molar-refractivity contribution in [2.24, 2.45) is 5.41 Å². The molecule has 3 aromatic rings. The quantitative estimate of drug-likeness (QED) is 0.387. The van der Waals surface area contributed by atoms with Gasteiger partial charge in [-0.1, -0.05) is 51.1 Å². The Bertz CT molecular complexity index is 1390. The third-order valence-electron chi connectivity index (χ3n) is 6.90. The number of hydrogen-bond acceptors (Lipinski definition) is 6. The van der Waals surface area contributed by atoms with Crippen LogP contribution < -0.4 is 20.1 Å². The van der Waals surface area contributed by atoms with Gasteiger partial charge in [0.05, 0.1) is 24.9 Å². The van der Waals surface area contributed by atoms with Crippen LogP contribution in [-0.2, 0) is 9.59 Å². The van der Waals surface area contributed by atoms with E-state index in [9.17, 15) is 19.5 Å². The van der Waals surface area contributed by atoms with Crippen molar-refractivity contribution in [3.05, 3.63) is 54.6 Å². The van der Waals surface area contributed by atoms with Crippen LogP contribution in [0.3, 0.4) is 0 Å². The fraction of sp³-hybridized carbons (Fsp3) is 0.400. The molecular formula is C30H36N4O6. The number of aliphatic carboxylic acids is 1. The summed E-state index contributed by atoms with van der Waals surface area (Å²) in [7, 11) is 1.58. The van der Waals surface area contributed by atoms with Gasteiger partial charge in [-0.2, -0.15) is 0 Å². The Balaban J connectivity index is 1.66. The van der Waals surface area contributed by atoms with Gasteiger partial charge in [0.25, 0.3) is 0 Å². The number of nitrogens with zero attached hydrogens (tertiary/aromatic N) is 2. The van der Waals surface area contributed by atoms with E-state index < -0.39 is 41.5 Å². The highest BCUT2D eigenvalue weighted by Crippen LogP contribution is 2.35. The summed E-state index contributed by atoms with van der Waals surface area (Å²) in [6, 6.07) is 14.5. The number of fused-ring (bicyclic) bond motifs is 1. The molecule has 2 aromatic carbocycles. The number of pyridine rings is 1. The van der Waals surface area contributed by atoms with Gasteiger partial charge in [0.15, 0.2) is 0 Å². The summed E-state index contributed by atoms with van der Waals surface area (Å²) in [5.74, 6) is -0.415. The Kier molecular flexibility index (Phi) is 8.46. The molecule has 40 heavy (non-hydrogen) atoms. The van der Waals surface area contributed by atoms with Gasteiger partial charge in [-0.3, -0.25) is 4.79 Å². The Morgan fingerprint density at radius 2 is 1.85 bits per heavy atom. The van der Waals surface area contributed by atoms with Crippen molar-refractivity contribution in [2.45, 2.75) is 52.3 Å². The van der Waals surface area contributed by atoms with E-state index in [1.54, 1.807) is 14.0 Å². The van der Waals surface area contributed by atoms with Crippen LogP contribution in [0.1, 0.15) is 34.1 Å². The predicted molar refractivity (Wildman–Crippen MR) is 151 cm³/mol. The van der Waals surface area contributed by atoms with E-state index in [-0.39, 0.29) is 13.0 Å². The number of hydrogen-bond donors (Lipinski definition) is 3. The van der Waals surface area contributed by atoms with Gasteiger partial charge in [-0.05, 0) is 24.5 Å². The molecule has 3 atom stereocenters. The topological polar surface area (TPSA) is 130 Å². The largest absolute Gasteiger partial charge is 0.497 e. The molecule has 0 saturated carbocycles. The zero-order valence-electron chi connectivity index (χ0n) is 23.4. The van der Waals surface area contributed by atoms with Crippen molar-refractivity contribution in [1.29, 1.82) is 0 Å². The molecule has 212 valence electrons. The van der Waals surface area contributed by atoms with Crippen molar-refractivity contribution in [2.75, 3.05) is 20.2 Å². The fourth-order valence-corrected chi connectivity index (χ4v) is 4.85. The third-order valence-corrected chi connectivity index (χ3v) is 6.90. The summed E-state index contributed by atoms with van der Waals surface area (Å²) in [6.07, 6.45) is -0.494. The number of urea groups is 1. The second-order valence-corrected chi connectivity index (χ2v) is 10.9.